The fraction of sp³-hybridized carbons (Fsp3) is 0.243. The minimum absolute atomic E-state index is 0.0925. The van der Waals surface area contributed by atoms with Crippen LogP contribution in [0.4, 0.5) is 23.7 Å². The van der Waals surface area contributed by atoms with Gasteiger partial charge in [0.05, 0.1) is 29.8 Å². The Balaban J connectivity index is 0.000000845. The third-order valence-electron chi connectivity index (χ3n) is 7.45. The lowest BCUT2D eigenvalue weighted by Crippen LogP contribution is -2.49. The quantitative estimate of drug-likeness (QED) is 0.114. The van der Waals surface area contributed by atoms with Crippen LogP contribution in [0.2, 0.25) is 0 Å². The Kier molecular flexibility index (Phi) is 13.4. The molecular weight excluding hydrogens is 730 g/mol. The number of esters is 1. The van der Waals surface area contributed by atoms with Crippen LogP contribution in [-0.4, -0.2) is 51.9 Å². The number of alkyl halides is 3. The molecule has 0 radical (unpaired) electrons. The van der Waals surface area contributed by atoms with Crippen molar-refractivity contribution in [3.8, 4) is 11.8 Å². The lowest BCUT2D eigenvalue weighted by molar-refractivity contribution is -0.506. The molecular formula is C37H35F3N6O7S. The van der Waals surface area contributed by atoms with Crippen molar-refractivity contribution >= 4 is 45.9 Å². The highest BCUT2D eigenvalue weighted by Crippen LogP contribution is 2.19. The third-order valence-corrected chi connectivity index (χ3v) is 8.49. The highest BCUT2D eigenvalue weighted by molar-refractivity contribution is 7.16. The molecule has 4 N–H and O–H groups in total. The fourth-order valence-corrected chi connectivity index (χ4v) is 5.98. The number of thiazole rings is 1. The van der Waals surface area contributed by atoms with Gasteiger partial charge in [-0.25, -0.2) is 14.2 Å². The van der Waals surface area contributed by atoms with Crippen molar-refractivity contribution in [2.24, 2.45) is 0 Å². The summed E-state index contributed by atoms with van der Waals surface area (Å²) in [6.07, 6.45) is -1.30. The number of rotatable bonds is 11. The number of anilines is 1. The zero-order chi connectivity index (χ0) is 39.6. The second-order valence-electron chi connectivity index (χ2n) is 12.1. The van der Waals surface area contributed by atoms with E-state index in [2.05, 4.69) is 26.6 Å². The molecule has 0 aliphatic carbocycles. The summed E-state index contributed by atoms with van der Waals surface area (Å²) in [6.45, 7) is 6.25. The second-order valence-corrected chi connectivity index (χ2v) is 13.3. The fourth-order valence-electron chi connectivity index (χ4n) is 5.02. The van der Waals surface area contributed by atoms with Gasteiger partial charge in [-0.2, -0.15) is 22.8 Å². The first-order chi connectivity index (χ1) is 25.5. The van der Waals surface area contributed by atoms with Crippen molar-refractivity contribution in [1.82, 2.24) is 15.2 Å². The van der Waals surface area contributed by atoms with Gasteiger partial charge in [0, 0.05) is 17.0 Å². The van der Waals surface area contributed by atoms with E-state index in [9.17, 15) is 37.9 Å². The van der Waals surface area contributed by atoms with Crippen molar-refractivity contribution in [3.63, 3.8) is 0 Å². The number of halogens is 3. The molecule has 0 unspecified atom stereocenters. The second kappa shape index (κ2) is 17.9. The van der Waals surface area contributed by atoms with Gasteiger partial charge < -0.3 is 35.7 Å². The van der Waals surface area contributed by atoms with Crippen molar-refractivity contribution in [1.29, 1.82) is 5.26 Å². The molecule has 0 bridgehead atoms. The van der Waals surface area contributed by atoms with E-state index in [-0.39, 0.29) is 24.8 Å². The number of carbonyl (C=O) groups excluding carboxylic acids is 4. The van der Waals surface area contributed by atoms with E-state index >= 15 is 0 Å². The number of amides is 3. The van der Waals surface area contributed by atoms with Gasteiger partial charge in [-0.3, -0.25) is 4.79 Å². The Morgan fingerprint density at radius 2 is 1.69 bits per heavy atom. The van der Waals surface area contributed by atoms with Gasteiger partial charge in [-0.05, 0) is 80.4 Å². The number of aromatic nitrogens is 2. The van der Waals surface area contributed by atoms with Crippen LogP contribution >= 0.6 is 11.3 Å². The molecule has 3 aromatic carbocycles. The summed E-state index contributed by atoms with van der Waals surface area (Å²) in [6, 6.07) is 20.7. The first kappa shape index (κ1) is 40.4. The number of fused-ring (bicyclic) bond motifs is 1. The monoisotopic (exact) mass is 764 g/mol. The molecule has 0 aliphatic rings. The number of imidazole rings is 1. The molecule has 2 heterocycles. The number of aromatic hydroxyl groups is 1. The van der Waals surface area contributed by atoms with E-state index in [1.165, 1.54) is 12.1 Å². The summed E-state index contributed by atoms with van der Waals surface area (Å²) in [4.78, 5) is 49.8. The summed E-state index contributed by atoms with van der Waals surface area (Å²) in [5, 5.41) is 36.4. The number of nitriles is 1. The van der Waals surface area contributed by atoms with Gasteiger partial charge in [0.15, 0.2) is 5.69 Å². The highest BCUT2D eigenvalue weighted by Gasteiger charge is 2.29. The molecule has 282 valence electrons. The lowest BCUT2D eigenvalue weighted by atomic mass is 10.0. The Morgan fingerprint density at radius 1 is 1.02 bits per heavy atom. The number of phenols is 1. The minimum Gasteiger partial charge on any atom is -0.542 e. The van der Waals surface area contributed by atoms with Gasteiger partial charge in [0.1, 0.15) is 36.7 Å². The summed E-state index contributed by atoms with van der Waals surface area (Å²) in [5.41, 5.74) is 3.89. The number of carboxylic acid groups (broad SMARTS) is 1. The molecule has 54 heavy (non-hydrogen) atoms. The summed E-state index contributed by atoms with van der Waals surface area (Å²) in [5.74, 6) is -3.77. The van der Waals surface area contributed by atoms with E-state index in [0.29, 0.717) is 23.4 Å². The number of nitrogens with zero attached hydrogens (tertiary/aromatic N) is 3. The molecule has 13 nitrogen and oxygen atoms in total. The van der Waals surface area contributed by atoms with E-state index in [0.717, 1.165) is 26.7 Å². The number of carboxylic acids is 1. The SMILES string of the molecule is Cc1c[n+]2cc(CNC(=O)[C@H](Cc3ccc(O)cc3)NC(=O)Nc3ccc(C(=O)OC(C)C)cc3)n(Cc3cccc(C#N)c3)c2s1.O=C([O-])C(F)(F)F. The first-order valence-electron chi connectivity index (χ1n) is 16.2. The molecule has 5 rings (SSSR count). The lowest BCUT2D eigenvalue weighted by Gasteiger charge is -2.19. The number of urea groups is 1. The Hall–Kier alpha value is -6.41. The van der Waals surface area contributed by atoms with Crippen LogP contribution in [0.5, 0.6) is 5.75 Å². The van der Waals surface area contributed by atoms with E-state index in [1.54, 1.807) is 67.6 Å². The van der Waals surface area contributed by atoms with Crippen LogP contribution in [-0.2, 0) is 33.8 Å². The number of hydrogen-bond donors (Lipinski definition) is 4. The first-order valence-corrected chi connectivity index (χ1v) is 17.0. The predicted molar refractivity (Wildman–Crippen MR) is 188 cm³/mol. The highest BCUT2D eigenvalue weighted by atomic mass is 32.1. The molecule has 0 spiro atoms. The van der Waals surface area contributed by atoms with Crippen molar-refractivity contribution < 1.29 is 51.7 Å². The summed E-state index contributed by atoms with van der Waals surface area (Å²) >= 11 is 1.62. The van der Waals surface area contributed by atoms with Crippen molar-refractivity contribution in [2.75, 3.05) is 5.32 Å². The van der Waals surface area contributed by atoms with E-state index < -0.39 is 36.1 Å². The standard InChI is InChI=1S/C35H34N6O5S.C2HF3O2/c1-22(2)46-33(44)27-9-11-28(12-10-27)38-34(45)39-31(16-24-7-13-30(42)14-8-24)32(43)37-18-29-21-40-19-23(3)47-35(40)41(29)20-26-6-4-5-25(15-26)17-36;3-2(4,5)1(6)7/h4-15,19,21-22,31H,16,18,20H2,1-3H3,(H3-,37,38,39,42,43,44,45);(H,6,7)/t31-;/m0./s1. The van der Waals surface area contributed by atoms with Gasteiger partial charge >= 0.3 is 23.1 Å². The zero-order valence-corrected chi connectivity index (χ0v) is 30.0. The predicted octanol–water partition coefficient (Wildman–Crippen LogP) is 4.14. The maximum atomic E-state index is 13.6. The topological polar surface area (TPSA) is 190 Å². The molecule has 17 heteroatoms. The van der Waals surface area contributed by atoms with Gasteiger partial charge in [0.2, 0.25) is 5.91 Å². The number of hydrogen-bond acceptors (Lipinski definition) is 9. The third kappa shape index (κ3) is 11.5. The van der Waals surface area contributed by atoms with Crippen LogP contribution in [0.1, 0.15) is 51.5 Å². The average molecular weight is 765 g/mol. The number of nitrogens with one attached hydrogen (secondary N) is 3. The maximum Gasteiger partial charge on any atom is 0.430 e. The maximum absolute atomic E-state index is 13.6. The Bertz CT molecular complexity index is 2160. The molecule has 5 aromatic rings. The Labute approximate surface area is 311 Å². The minimum atomic E-state index is -5.19. The normalized spacial score (nSPS) is 11.5. The molecule has 1 atom stereocenters. The summed E-state index contributed by atoms with van der Waals surface area (Å²) in [7, 11) is 0. The van der Waals surface area contributed by atoms with Crippen LogP contribution in [0.15, 0.2) is 85.2 Å². The Morgan fingerprint density at radius 3 is 2.30 bits per heavy atom. The van der Waals surface area contributed by atoms with E-state index in [1.807, 2.05) is 41.9 Å². The molecule has 0 aliphatic heterocycles. The van der Waals surface area contributed by atoms with Crippen LogP contribution < -0.4 is 25.5 Å². The van der Waals surface area contributed by atoms with E-state index in [4.69, 9.17) is 14.6 Å². The van der Waals surface area contributed by atoms with Gasteiger partial charge in [-0.1, -0.05) is 35.6 Å². The van der Waals surface area contributed by atoms with Crippen LogP contribution in [0.25, 0.3) is 4.96 Å². The number of aryl methyl sites for hydroxylation is 1. The van der Waals surface area contributed by atoms with Gasteiger partial charge in [-0.15, -0.1) is 0 Å². The number of phenolic OH excluding ortho intramolecular Hbond substituents is 1. The number of aliphatic carboxylic acids is 1. The average Bonchev–Trinajstić information content (AvgIpc) is 3.63. The summed E-state index contributed by atoms with van der Waals surface area (Å²) < 4.78 is 40.9. The van der Waals surface area contributed by atoms with Crippen molar-refractivity contribution in [2.45, 2.75) is 58.6 Å². The molecule has 3 amide bonds. The molecule has 0 fully saturated rings. The van der Waals surface area contributed by atoms with Crippen molar-refractivity contribution in [3.05, 3.63) is 118 Å². The number of carbonyl (C=O) groups is 4. The van der Waals surface area contributed by atoms with Gasteiger partial charge in [0.25, 0.3) is 0 Å². The molecule has 2 aromatic heterocycles. The smallest absolute Gasteiger partial charge is 0.430 e. The molecule has 0 saturated heterocycles. The van der Waals surface area contributed by atoms with Crippen LogP contribution in [0.3, 0.4) is 0 Å². The molecule has 0 saturated carbocycles. The zero-order valence-electron chi connectivity index (χ0n) is 29.1. The number of ether oxygens (including phenoxy) is 1. The number of benzene rings is 3. The largest absolute Gasteiger partial charge is 0.542 e. The van der Waals surface area contributed by atoms with Crippen LogP contribution in [0, 0.1) is 18.3 Å².